The number of hydrogen-bond acceptors (Lipinski definition) is 3. The van der Waals surface area contributed by atoms with Crippen molar-refractivity contribution in [1.29, 1.82) is 0 Å². The summed E-state index contributed by atoms with van der Waals surface area (Å²) in [5.41, 5.74) is 6.57. The van der Waals surface area contributed by atoms with Gasteiger partial charge in [0, 0.05) is 11.7 Å². The van der Waals surface area contributed by atoms with Gasteiger partial charge in [0.05, 0.1) is 5.39 Å². The Bertz CT molecular complexity index is 559. The molecule has 0 aliphatic rings. The van der Waals surface area contributed by atoms with Crippen LogP contribution in [0.15, 0.2) is 12.3 Å². The van der Waals surface area contributed by atoms with Gasteiger partial charge in [0.25, 0.3) is 0 Å². The number of fused-ring (bicyclic) bond motifs is 1. The standard InChI is InChI=1S/C10H14N4S/c1-10(2,3)14-5-4-6-7(14)12-9(11)13-8(6)15/h4-5H,1-3H3,(H3,11,12,13,15). The van der Waals surface area contributed by atoms with Gasteiger partial charge in [0.1, 0.15) is 10.3 Å². The van der Waals surface area contributed by atoms with E-state index in [1.165, 1.54) is 0 Å². The van der Waals surface area contributed by atoms with Crippen LogP contribution in [0, 0.1) is 4.64 Å². The molecule has 0 aliphatic heterocycles. The third-order valence-electron chi connectivity index (χ3n) is 2.31. The maximum atomic E-state index is 5.65. The molecule has 2 rings (SSSR count). The molecule has 0 aromatic carbocycles. The van der Waals surface area contributed by atoms with Crippen molar-refractivity contribution in [3.8, 4) is 0 Å². The molecule has 0 fully saturated rings. The van der Waals surface area contributed by atoms with E-state index in [1.807, 2.05) is 12.3 Å². The molecule has 0 atom stereocenters. The average Bonchev–Trinajstić information content (AvgIpc) is 2.45. The van der Waals surface area contributed by atoms with Crippen LogP contribution in [0.4, 0.5) is 5.95 Å². The number of nitrogens with zero attached hydrogens (tertiary/aromatic N) is 2. The molecule has 15 heavy (non-hydrogen) atoms. The summed E-state index contributed by atoms with van der Waals surface area (Å²) in [6.45, 7) is 6.37. The lowest BCUT2D eigenvalue weighted by molar-refractivity contribution is 0.408. The zero-order chi connectivity index (χ0) is 11.2. The molecule has 4 nitrogen and oxygen atoms in total. The fourth-order valence-corrected chi connectivity index (χ4v) is 1.87. The quantitative estimate of drug-likeness (QED) is 0.673. The van der Waals surface area contributed by atoms with E-state index >= 15 is 0 Å². The molecular weight excluding hydrogens is 208 g/mol. The molecule has 0 saturated carbocycles. The monoisotopic (exact) mass is 222 g/mol. The molecule has 0 bridgehead atoms. The first-order valence-electron chi connectivity index (χ1n) is 4.77. The number of nitrogens with one attached hydrogen (secondary N) is 1. The topological polar surface area (TPSA) is 59.6 Å². The Kier molecular flexibility index (Phi) is 2.08. The summed E-state index contributed by atoms with van der Waals surface area (Å²) in [7, 11) is 0. The van der Waals surface area contributed by atoms with Crippen molar-refractivity contribution in [2.24, 2.45) is 0 Å². The van der Waals surface area contributed by atoms with E-state index in [9.17, 15) is 0 Å². The normalized spacial score (nSPS) is 12.2. The highest BCUT2D eigenvalue weighted by Crippen LogP contribution is 2.22. The van der Waals surface area contributed by atoms with Crippen molar-refractivity contribution in [2.45, 2.75) is 26.3 Å². The van der Waals surface area contributed by atoms with Gasteiger partial charge in [-0.1, -0.05) is 12.2 Å². The van der Waals surface area contributed by atoms with Crippen molar-refractivity contribution < 1.29 is 0 Å². The van der Waals surface area contributed by atoms with E-state index in [1.54, 1.807) is 0 Å². The van der Waals surface area contributed by atoms with Crippen molar-refractivity contribution in [1.82, 2.24) is 14.5 Å². The number of nitrogen functional groups attached to an aromatic ring is 1. The molecule has 2 aromatic rings. The van der Waals surface area contributed by atoms with Gasteiger partial charge >= 0.3 is 0 Å². The number of aromatic amines is 1. The first-order valence-corrected chi connectivity index (χ1v) is 5.18. The molecule has 5 heteroatoms. The molecule has 0 radical (unpaired) electrons. The highest BCUT2D eigenvalue weighted by molar-refractivity contribution is 7.71. The predicted octanol–water partition coefficient (Wildman–Crippen LogP) is 2.43. The Hall–Kier alpha value is -1.36. The fourth-order valence-electron chi connectivity index (χ4n) is 1.61. The molecule has 0 amide bonds. The third-order valence-corrected chi connectivity index (χ3v) is 2.62. The van der Waals surface area contributed by atoms with Crippen LogP contribution in [0.1, 0.15) is 20.8 Å². The Labute approximate surface area is 93.1 Å². The summed E-state index contributed by atoms with van der Waals surface area (Å²) in [4.78, 5) is 7.07. The Balaban J connectivity index is 2.86. The molecule has 0 unspecified atom stereocenters. The van der Waals surface area contributed by atoms with Crippen LogP contribution in [0.2, 0.25) is 0 Å². The molecule has 0 spiro atoms. The lowest BCUT2D eigenvalue weighted by Gasteiger charge is -2.22. The summed E-state index contributed by atoms with van der Waals surface area (Å²) >= 11 is 5.15. The van der Waals surface area contributed by atoms with E-state index in [-0.39, 0.29) is 5.54 Å². The summed E-state index contributed by atoms with van der Waals surface area (Å²) in [5.74, 6) is 0.358. The second-order valence-corrected chi connectivity index (χ2v) is 4.93. The van der Waals surface area contributed by atoms with E-state index < -0.39 is 0 Å². The van der Waals surface area contributed by atoms with Crippen LogP contribution < -0.4 is 5.73 Å². The van der Waals surface area contributed by atoms with Crippen LogP contribution >= 0.6 is 12.2 Å². The molecular formula is C10H14N4S. The van der Waals surface area contributed by atoms with E-state index in [0.717, 1.165) is 11.0 Å². The van der Waals surface area contributed by atoms with E-state index in [4.69, 9.17) is 18.0 Å². The summed E-state index contributed by atoms with van der Waals surface area (Å²) in [6.07, 6.45) is 2.00. The molecule has 2 heterocycles. The molecule has 0 aliphatic carbocycles. The molecule has 0 saturated heterocycles. The van der Waals surface area contributed by atoms with Gasteiger partial charge in [0.2, 0.25) is 0 Å². The van der Waals surface area contributed by atoms with Crippen molar-refractivity contribution >= 4 is 29.2 Å². The number of aromatic nitrogens is 3. The summed E-state index contributed by atoms with van der Waals surface area (Å²) in [6, 6.07) is 1.96. The second-order valence-electron chi connectivity index (χ2n) is 4.55. The Morgan fingerprint density at radius 3 is 2.73 bits per heavy atom. The van der Waals surface area contributed by atoms with Crippen molar-refractivity contribution in [2.75, 3.05) is 5.73 Å². The summed E-state index contributed by atoms with van der Waals surface area (Å²) in [5, 5.41) is 0.939. The summed E-state index contributed by atoms with van der Waals surface area (Å²) < 4.78 is 2.65. The zero-order valence-electron chi connectivity index (χ0n) is 9.03. The van der Waals surface area contributed by atoms with Crippen molar-refractivity contribution in [3.63, 3.8) is 0 Å². The number of nitrogens with two attached hydrogens (primary N) is 1. The second kappa shape index (κ2) is 3.06. The molecule has 2 aromatic heterocycles. The van der Waals surface area contributed by atoms with Crippen LogP contribution in [-0.2, 0) is 5.54 Å². The number of rotatable bonds is 0. The van der Waals surface area contributed by atoms with Crippen LogP contribution in [-0.4, -0.2) is 14.5 Å². The van der Waals surface area contributed by atoms with Gasteiger partial charge in [-0.05, 0) is 26.8 Å². The molecule has 3 N–H and O–H groups in total. The smallest absolute Gasteiger partial charge is 0.200 e. The minimum absolute atomic E-state index is 0.00613. The van der Waals surface area contributed by atoms with Gasteiger partial charge in [-0.3, -0.25) is 0 Å². The lowest BCUT2D eigenvalue weighted by atomic mass is 10.1. The first-order chi connectivity index (χ1) is 6.89. The van der Waals surface area contributed by atoms with Gasteiger partial charge in [0.15, 0.2) is 5.95 Å². The van der Waals surface area contributed by atoms with Gasteiger partial charge < -0.3 is 15.3 Å². The van der Waals surface area contributed by atoms with E-state index in [0.29, 0.717) is 10.6 Å². The van der Waals surface area contributed by atoms with Gasteiger partial charge in [-0.25, -0.2) is 4.98 Å². The van der Waals surface area contributed by atoms with Crippen LogP contribution in [0.5, 0.6) is 0 Å². The number of hydrogen-bond donors (Lipinski definition) is 2. The van der Waals surface area contributed by atoms with Crippen LogP contribution in [0.3, 0.4) is 0 Å². The first kappa shape index (κ1) is 10.2. The largest absolute Gasteiger partial charge is 0.369 e. The number of H-pyrrole nitrogens is 1. The third kappa shape index (κ3) is 1.63. The fraction of sp³-hybridized carbons (Fsp3) is 0.400. The van der Waals surface area contributed by atoms with Crippen LogP contribution in [0.25, 0.3) is 11.0 Å². The maximum absolute atomic E-state index is 5.65. The Morgan fingerprint density at radius 2 is 2.13 bits per heavy atom. The van der Waals surface area contributed by atoms with Gasteiger partial charge in [-0.15, -0.1) is 0 Å². The van der Waals surface area contributed by atoms with Gasteiger partial charge in [-0.2, -0.15) is 0 Å². The zero-order valence-corrected chi connectivity index (χ0v) is 9.85. The number of anilines is 1. The average molecular weight is 222 g/mol. The lowest BCUT2D eigenvalue weighted by Crippen LogP contribution is -2.21. The minimum atomic E-state index is -0.00613. The minimum Gasteiger partial charge on any atom is -0.369 e. The molecule has 80 valence electrons. The SMILES string of the molecule is CC(C)(C)n1ccc2c(=S)nc(N)[nH]c21. The predicted molar refractivity (Wildman–Crippen MR) is 64.3 cm³/mol. The highest BCUT2D eigenvalue weighted by Gasteiger charge is 2.16. The van der Waals surface area contributed by atoms with Crippen molar-refractivity contribution in [3.05, 3.63) is 16.9 Å². The maximum Gasteiger partial charge on any atom is 0.200 e. The highest BCUT2D eigenvalue weighted by atomic mass is 32.1. The van der Waals surface area contributed by atoms with E-state index in [2.05, 4.69) is 35.3 Å². The Morgan fingerprint density at radius 1 is 1.47 bits per heavy atom.